The van der Waals surface area contributed by atoms with Gasteiger partial charge in [0.2, 0.25) is 0 Å². The number of amides is 1. The number of aromatic amines is 1. The van der Waals surface area contributed by atoms with E-state index in [0.29, 0.717) is 49.8 Å². The maximum Gasteiger partial charge on any atom is 0.414 e. The van der Waals surface area contributed by atoms with Crippen LogP contribution in [0.4, 0.5) is 10.5 Å². The van der Waals surface area contributed by atoms with Crippen molar-refractivity contribution in [3.8, 4) is 11.5 Å². The Balaban J connectivity index is 1.20. The van der Waals surface area contributed by atoms with Gasteiger partial charge in [-0.05, 0) is 79.4 Å². The maximum atomic E-state index is 13.6. The molecule has 48 heavy (non-hydrogen) atoms. The number of esters is 1. The number of anilines is 1. The fourth-order valence-electron chi connectivity index (χ4n) is 6.28. The maximum absolute atomic E-state index is 13.6. The highest BCUT2D eigenvalue weighted by Crippen LogP contribution is 2.36. The third-order valence-corrected chi connectivity index (χ3v) is 9.65. The molecule has 3 saturated heterocycles. The zero-order valence-electron chi connectivity index (χ0n) is 26.7. The van der Waals surface area contributed by atoms with Gasteiger partial charge in [-0.25, -0.2) is 14.6 Å². The van der Waals surface area contributed by atoms with Crippen molar-refractivity contribution in [2.24, 2.45) is 5.92 Å². The lowest BCUT2D eigenvalue weighted by molar-refractivity contribution is -0.377. The van der Waals surface area contributed by atoms with Gasteiger partial charge < -0.3 is 18.9 Å². The van der Waals surface area contributed by atoms with E-state index in [1.54, 1.807) is 85.3 Å². The lowest BCUT2D eigenvalue weighted by Gasteiger charge is -2.44. The number of pyridine rings is 2. The van der Waals surface area contributed by atoms with Crippen LogP contribution in [0.2, 0.25) is 10.0 Å². The quantitative estimate of drug-likeness (QED) is 0.162. The lowest BCUT2D eigenvalue weighted by atomic mass is 9.86. The van der Waals surface area contributed by atoms with Crippen molar-refractivity contribution in [2.75, 3.05) is 38.8 Å². The van der Waals surface area contributed by atoms with Crippen molar-refractivity contribution in [3.63, 3.8) is 0 Å². The molecule has 1 amide bonds. The number of rotatable bonds is 11. The largest absolute Gasteiger partial charge is 0.493 e. The van der Waals surface area contributed by atoms with Crippen LogP contribution < -0.4 is 19.4 Å². The van der Waals surface area contributed by atoms with Crippen molar-refractivity contribution >= 4 is 41.0 Å². The van der Waals surface area contributed by atoms with Crippen LogP contribution in [0.25, 0.3) is 0 Å². The van der Waals surface area contributed by atoms with Gasteiger partial charge in [-0.2, -0.15) is 0 Å². The summed E-state index contributed by atoms with van der Waals surface area (Å²) >= 11 is 12.9. The van der Waals surface area contributed by atoms with Gasteiger partial charge in [0.05, 0.1) is 38.2 Å². The Morgan fingerprint density at radius 1 is 1.00 bits per heavy atom. The Bertz CT molecular complexity index is 1710. The Labute approximate surface area is 289 Å². The number of nitrogens with one attached hydrogen (secondary N) is 1. The van der Waals surface area contributed by atoms with E-state index in [1.165, 1.54) is 7.11 Å². The van der Waals surface area contributed by atoms with Crippen LogP contribution in [0, 0.1) is 5.92 Å². The molecule has 7 rings (SSSR count). The van der Waals surface area contributed by atoms with E-state index >= 15 is 0 Å². The zero-order chi connectivity index (χ0) is 33.6. The average molecular weight is 693 g/mol. The van der Waals surface area contributed by atoms with Crippen LogP contribution in [-0.4, -0.2) is 61.9 Å². The van der Waals surface area contributed by atoms with E-state index in [4.69, 9.17) is 42.1 Å². The number of benzene rings is 2. The molecule has 250 valence electrons. The van der Waals surface area contributed by atoms with Gasteiger partial charge in [0.25, 0.3) is 0 Å². The molecule has 1 N–H and O–H groups in total. The van der Waals surface area contributed by atoms with E-state index in [-0.39, 0.29) is 19.1 Å². The third-order valence-electron chi connectivity index (χ3n) is 8.97. The van der Waals surface area contributed by atoms with Gasteiger partial charge in [-0.15, -0.1) is 0 Å². The van der Waals surface area contributed by atoms with Crippen molar-refractivity contribution in [2.45, 2.75) is 38.0 Å². The highest BCUT2D eigenvalue weighted by Gasteiger charge is 2.37. The highest BCUT2D eigenvalue weighted by atomic mass is 35.5. The van der Waals surface area contributed by atoms with E-state index in [0.717, 1.165) is 38.0 Å². The van der Waals surface area contributed by atoms with Crippen LogP contribution >= 0.6 is 23.2 Å². The number of aromatic nitrogens is 2. The SMILES string of the molecule is COc1ccc([C@H](Cc2c(Cl)c[nH+]cc2Cl)OC(=O)c2ccc(CN(C(=O)O[C@H]3CN4CCC3CC4)c3cccnc3)cc2)cc1OC. The number of halogens is 2. The smallest absolute Gasteiger partial charge is 0.414 e. The Hall–Kier alpha value is -4.38. The molecule has 3 fully saturated rings. The Kier molecular flexibility index (Phi) is 10.6. The van der Waals surface area contributed by atoms with Crippen molar-refractivity contribution in [3.05, 3.63) is 112 Å². The summed E-state index contributed by atoms with van der Waals surface area (Å²) in [6.07, 6.45) is 7.54. The van der Waals surface area contributed by atoms with E-state index in [9.17, 15) is 9.59 Å². The molecular weight excluding hydrogens is 655 g/mol. The number of nitrogens with zero attached hydrogens (tertiary/aromatic N) is 3. The first-order valence-electron chi connectivity index (χ1n) is 15.8. The number of carbonyl (C=O) groups excluding carboxylic acids is 2. The van der Waals surface area contributed by atoms with Crippen molar-refractivity contribution in [1.82, 2.24) is 9.88 Å². The summed E-state index contributed by atoms with van der Waals surface area (Å²) in [6.45, 7) is 3.11. The molecule has 5 heterocycles. The first-order chi connectivity index (χ1) is 23.3. The molecule has 2 atom stereocenters. The number of hydrogen-bond acceptors (Lipinski definition) is 8. The second-order valence-electron chi connectivity index (χ2n) is 11.9. The van der Waals surface area contributed by atoms with E-state index in [2.05, 4.69) is 14.9 Å². The van der Waals surface area contributed by atoms with Crippen LogP contribution in [0.15, 0.2) is 79.4 Å². The first-order valence-corrected chi connectivity index (χ1v) is 16.5. The fourth-order valence-corrected chi connectivity index (χ4v) is 6.81. The highest BCUT2D eigenvalue weighted by molar-refractivity contribution is 6.35. The average Bonchev–Trinajstić information content (AvgIpc) is 3.12. The third kappa shape index (κ3) is 7.67. The first kappa shape index (κ1) is 33.5. The molecule has 3 aliphatic rings. The topological polar surface area (TPSA) is 105 Å². The molecule has 0 aliphatic carbocycles. The Morgan fingerprint density at radius 2 is 1.73 bits per heavy atom. The summed E-state index contributed by atoms with van der Waals surface area (Å²) < 4.78 is 23.0. The number of ether oxygens (including phenoxy) is 4. The number of hydrogen-bond donors (Lipinski definition) is 0. The van der Waals surface area contributed by atoms with Crippen LogP contribution in [0.3, 0.4) is 0 Å². The van der Waals surface area contributed by atoms with Gasteiger partial charge in [0.1, 0.15) is 22.3 Å². The summed E-state index contributed by atoms with van der Waals surface area (Å²) in [5.74, 6) is 0.876. The Morgan fingerprint density at radius 3 is 2.35 bits per heavy atom. The summed E-state index contributed by atoms with van der Waals surface area (Å²) in [6, 6.07) is 15.9. The van der Waals surface area contributed by atoms with Crippen molar-refractivity contribution in [1.29, 1.82) is 0 Å². The zero-order valence-corrected chi connectivity index (χ0v) is 28.2. The molecule has 12 heteroatoms. The minimum atomic E-state index is -0.753. The fraction of sp³-hybridized carbons (Fsp3) is 0.333. The predicted molar refractivity (Wildman–Crippen MR) is 181 cm³/mol. The van der Waals surface area contributed by atoms with E-state index < -0.39 is 18.2 Å². The molecule has 0 unspecified atom stereocenters. The molecule has 4 aromatic rings. The second-order valence-corrected chi connectivity index (χ2v) is 12.7. The second kappa shape index (κ2) is 15.2. The molecule has 0 saturated carbocycles. The number of carbonyl (C=O) groups is 2. The molecule has 10 nitrogen and oxygen atoms in total. The summed E-state index contributed by atoms with van der Waals surface area (Å²) in [5.41, 5.74) is 3.06. The minimum absolute atomic E-state index is 0.131. The summed E-state index contributed by atoms with van der Waals surface area (Å²) in [5, 5.41) is 0.831. The van der Waals surface area contributed by atoms with Crippen LogP contribution in [0.1, 0.15) is 46.0 Å². The number of piperidine rings is 3. The molecule has 2 aromatic heterocycles. The van der Waals surface area contributed by atoms with Crippen LogP contribution in [0.5, 0.6) is 11.5 Å². The van der Waals surface area contributed by atoms with E-state index in [1.807, 2.05) is 6.07 Å². The molecular formula is C36H37Cl2N4O6+. The predicted octanol–water partition coefficient (Wildman–Crippen LogP) is 6.60. The van der Waals surface area contributed by atoms with Gasteiger partial charge in [0.15, 0.2) is 23.9 Å². The molecule has 0 spiro atoms. The number of H-pyrrole nitrogens is 1. The summed E-state index contributed by atoms with van der Waals surface area (Å²) in [7, 11) is 3.09. The molecule has 0 radical (unpaired) electrons. The molecule has 3 aliphatic heterocycles. The van der Waals surface area contributed by atoms with Gasteiger partial charge in [-0.3, -0.25) is 14.8 Å². The lowest BCUT2D eigenvalue weighted by Crippen LogP contribution is -2.53. The monoisotopic (exact) mass is 691 g/mol. The normalized spacial score (nSPS) is 18.9. The molecule has 2 aromatic carbocycles. The number of methoxy groups -OCH3 is 2. The standard InChI is InChI=1S/C36H36Cl2N4O6/c1-45-31-10-9-26(16-33(31)46-2)32(17-28-29(37)19-40-20-30(28)38)47-35(43)25-7-5-23(6-8-25)21-42(27-4-3-13-39-18-27)36(44)48-34-22-41-14-11-24(34)12-15-41/h3-10,13,16,18-20,24,32,34H,11-12,14-15,17,21-22H2,1-2H3/p+1/t32-,34-/m0/s1. The summed E-state index contributed by atoms with van der Waals surface area (Å²) in [4.78, 5) is 38.2. The van der Waals surface area contributed by atoms with Crippen LogP contribution in [-0.2, 0) is 22.4 Å². The van der Waals surface area contributed by atoms with Gasteiger partial charge in [0, 0.05) is 24.7 Å². The molecule has 2 bridgehead atoms. The van der Waals surface area contributed by atoms with Gasteiger partial charge in [-0.1, -0.05) is 41.4 Å². The van der Waals surface area contributed by atoms with Gasteiger partial charge >= 0.3 is 12.1 Å². The van der Waals surface area contributed by atoms with Crippen molar-refractivity contribution < 1.29 is 33.5 Å². The minimum Gasteiger partial charge on any atom is -0.493 e. The number of fused-ring (bicyclic) bond motifs is 3.